The molecule has 4 fully saturated rings. The molecule has 1 amide bonds. The molecule has 3 aromatic rings. The Bertz CT molecular complexity index is 1570. The molecule has 226 valence electrons. The van der Waals surface area contributed by atoms with E-state index in [2.05, 4.69) is 35.2 Å². The number of ketones is 1. The van der Waals surface area contributed by atoms with Crippen LogP contribution in [0.3, 0.4) is 0 Å². The number of amides is 1. The molecule has 9 heteroatoms. The van der Waals surface area contributed by atoms with Gasteiger partial charge in [0.05, 0.1) is 23.8 Å². The van der Waals surface area contributed by atoms with Crippen LogP contribution in [0.1, 0.15) is 53.7 Å². The number of allylic oxidation sites excluding steroid dienone is 1. The lowest BCUT2D eigenvalue weighted by Crippen LogP contribution is -2.68. The number of nitrogens with zero attached hydrogens (tertiary/aromatic N) is 4. The molecule has 44 heavy (non-hydrogen) atoms. The maximum atomic E-state index is 14.7. The van der Waals surface area contributed by atoms with E-state index >= 15 is 0 Å². The SMILES string of the molecule is CC1(C)C2CC(CN3C(=O)C(Cc4ccncc4)(Cc4ccncc4)N/C3=C\C(=O)c3ccc(C#N)cc3)C(O)(CO)C1C2. The second-order valence-corrected chi connectivity index (χ2v) is 13.2. The van der Waals surface area contributed by atoms with Gasteiger partial charge < -0.3 is 15.5 Å². The number of fused-ring (bicyclic) bond motifs is 2. The van der Waals surface area contributed by atoms with Crippen molar-refractivity contribution in [2.75, 3.05) is 13.2 Å². The summed E-state index contributed by atoms with van der Waals surface area (Å²) >= 11 is 0. The molecule has 1 saturated heterocycles. The molecule has 3 heterocycles. The van der Waals surface area contributed by atoms with E-state index in [1.807, 2.05) is 24.3 Å². The van der Waals surface area contributed by atoms with E-state index in [1.54, 1.807) is 54.0 Å². The lowest BCUT2D eigenvalue weighted by molar-refractivity contribution is -0.248. The van der Waals surface area contributed by atoms with E-state index in [-0.39, 0.29) is 35.5 Å². The maximum Gasteiger partial charge on any atom is 0.254 e. The molecule has 1 aromatic carbocycles. The summed E-state index contributed by atoms with van der Waals surface area (Å²) in [6.07, 6.45) is 10.4. The van der Waals surface area contributed by atoms with Crippen molar-refractivity contribution in [1.29, 1.82) is 5.26 Å². The Labute approximate surface area is 257 Å². The first-order valence-corrected chi connectivity index (χ1v) is 15.1. The van der Waals surface area contributed by atoms with Gasteiger partial charge in [0, 0.05) is 61.7 Å². The number of hydrogen-bond acceptors (Lipinski definition) is 8. The minimum Gasteiger partial charge on any atom is -0.393 e. The number of nitrogens with one attached hydrogen (secondary N) is 1. The van der Waals surface area contributed by atoms with E-state index in [4.69, 9.17) is 0 Å². The van der Waals surface area contributed by atoms with Crippen LogP contribution in [-0.4, -0.2) is 61.1 Å². The monoisotopic (exact) mass is 591 g/mol. The number of nitriles is 1. The number of carbonyl (C=O) groups is 2. The van der Waals surface area contributed by atoms with Gasteiger partial charge in [0.1, 0.15) is 11.4 Å². The first-order valence-electron chi connectivity index (χ1n) is 15.1. The molecular formula is C35H37N5O4. The summed E-state index contributed by atoms with van der Waals surface area (Å²) in [7, 11) is 0. The van der Waals surface area contributed by atoms with Crippen molar-refractivity contribution in [3.05, 3.63) is 107 Å². The van der Waals surface area contributed by atoms with Gasteiger partial charge in [-0.15, -0.1) is 0 Å². The Balaban J connectivity index is 1.41. The van der Waals surface area contributed by atoms with Crippen LogP contribution in [0.4, 0.5) is 0 Å². The van der Waals surface area contributed by atoms with Crippen LogP contribution in [-0.2, 0) is 17.6 Å². The smallest absolute Gasteiger partial charge is 0.254 e. The molecule has 2 aromatic heterocycles. The molecule has 3 N–H and O–H groups in total. The Morgan fingerprint density at radius 3 is 2.14 bits per heavy atom. The summed E-state index contributed by atoms with van der Waals surface area (Å²) in [5.74, 6) is -0.249. The zero-order valence-corrected chi connectivity index (χ0v) is 25.0. The molecule has 2 bridgehead atoms. The second-order valence-electron chi connectivity index (χ2n) is 13.2. The van der Waals surface area contributed by atoms with Crippen LogP contribution in [0.25, 0.3) is 0 Å². The highest BCUT2D eigenvalue weighted by Gasteiger charge is 2.65. The van der Waals surface area contributed by atoms with Gasteiger partial charge in [-0.1, -0.05) is 13.8 Å². The highest BCUT2D eigenvalue weighted by Crippen LogP contribution is 2.64. The molecule has 9 nitrogen and oxygen atoms in total. The van der Waals surface area contributed by atoms with Gasteiger partial charge in [0.25, 0.3) is 5.91 Å². The van der Waals surface area contributed by atoms with Crippen molar-refractivity contribution in [1.82, 2.24) is 20.2 Å². The normalized spacial score (nSPS) is 27.3. The predicted octanol–water partition coefficient (Wildman–Crippen LogP) is 3.43. The van der Waals surface area contributed by atoms with Crippen molar-refractivity contribution in [2.24, 2.45) is 23.2 Å². The van der Waals surface area contributed by atoms with E-state index in [1.165, 1.54) is 6.08 Å². The van der Waals surface area contributed by atoms with Gasteiger partial charge in [-0.05, 0) is 89.8 Å². The third-order valence-electron chi connectivity index (χ3n) is 10.4. The number of aromatic nitrogens is 2. The fraction of sp³-hybridized carbons (Fsp3) is 0.400. The first-order chi connectivity index (χ1) is 21.1. The van der Waals surface area contributed by atoms with Crippen LogP contribution < -0.4 is 5.32 Å². The third kappa shape index (κ3) is 5.08. The average Bonchev–Trinajstić information content (AvgIpc) is 3.27. The molecule has 0 spiro atoms. The average molecular weight is 592 g/mol. The van der Waals surface area contributed by atoms with E-state index in [0.29, 0.717) is 42.1 Å². The van der Waals surface area contributed by atoms with Crippen LogP contribution in [0, 0.1) is 34.5 Å². The molecule has 1 aliphatic heterocycles. The standard InChI is InChI=1S/C35H37N5O4/c1-33(2)27-15-28(35(44,22-41)30(33)16-27)21-40-31(17-29(42)26-5-3-25(20-36)4-6-26)39-34(32(40)43,18-23-7-11-37-12-8-23)19-24-9-13-38-14-10-24/h3-14,17,27-28,30,39,41,44H,15-16,18-19,21-22H2,1-2H3/b31-17+. The van der Waals surface area contributed by atoms with Crippen LogP contribution >= 0.6 is 0 Å². The van der Waals surface area contributed by atoms with Crippen molar-refractivity contribution in [2.45, 2.75) is 50.7 Å². The molecule has 3 saturated carbocycles. The lowest BCUT2D eigenvalue weighted by atomic mass is 9.41. The van der Waals surface area contributed by atoms with Crippen molar-refractivity contribution in [3.8, 4) is 6.07 Å². The summed E-state index contributed by atoms with van der Waals surface area (Å²) in [5.41, 5.74) is 0.0669. The summed E-state index contributed by atoms with van der Waals surface area (Å²) in [4.78, 5) is 38.2. The van der Waals surface area contributed by atoms with E-state index < -0.39 is 17.7 Å². The highest BCUT2D eigenvalue weighted by molar-refractivity contribution is 6.06. The lowest BCUT2D eigenvalue weighted by Gasteiger charge is -2.66. The van der Waals surface area contributed by atoms with Crippen molar-refractivity contribution in [3.63, 3.8) is 0 Å². The Hall–Kier alpha value is -4.39. The molecule has 4 unspecified atom stereocenters. The van der Waals surface area contributed by atoms with Gasteiger partial charge in [0.2, 0.25) is 0 Å². The molecular weight excluding hydrogens is 554 g/mol. The first kappa shape index (κ1) is 29.7. The summed E-state index contributed by atoms with van der Waals surface area (Å²) in [6.45, 7) is 4.05. The Morgan fingerprint density at radius 1 is 1.02 bits per heavy atom. The van der Waals surface area contributed by atoms with Crippen molar-refractivity contribution < 1.29 is 19.8 Å². The minimum atomic E-state index is -1.35. The Morgan fingerprint density at radius 2 is 1.61 bits per heavy atom. The third-order valence-corrected chi connectivity index (χ3v) is 10.4. The number of rotatable bonds is 9. The second kappa shape index (κ2) is 11.3. The van der Waals surface area contributed by atoms with Gasteiger partial charge in [-0.2, -0.15) is 5.26 Å². The number of aliphatic hydroxyl groups excluding tert-OH is 1. The minimum absolute atomic E-state index is 0.0829. The van der Waals surface area contributed by atoms with E-state index in [9.17, 15) is 25.1 Å². The zero-order chi connectivity index (χ0) is 31.1. The highest BCUT2D eigenvalue weighted by atomic mass is 16.3. The van der Waals surface area contributed by atoms with Crippen molar-refractivity contribution >= 4 is 11.7 Å². The molecule has 0 radical (unpaired) electrons. The van der Waals surface area contributed by atoms with Crippen LogP contribution in [0.15, 0.2) is 85.2 Å². The summed E-state index contributed by atoms with van der Waals surface area (Å²) in [6, 6.07) is 15.9. The van der Waals surface area contributed by atoms with Crippen LogP contribution in [0.2, 0.25) is 0 Å². The van der Waals surface area contributed by atoms with Gasteiger partial charge in [-0.25, -0.2) is 0 Å². The zero-order valence-electron chi connectivity index (χ0n) is 25.0. The largest absolute Gasteiger partial charge is 0.393 e. The van der Waals surface area contributed by atoms with Gasteiger partial charge >= 0.3 is 0 Å². The van der Waals surface area contributed by atoms with Gasteiger partial charge in [0.15, 0.2) is 5.78 Å². The summed E-state index contributed by atoms with van der Waals surface area (Å²) in [5, 5.41) is 35.1. The number of pyridine rings is 2. The fourth-order valence-corrected chi connectivity index (χ4v) is 7.73. The summed E-state index contributed by atoms with van der Waals surface area (Å²) < 4.78 is 0. The quantitative estimate of drug-likeness (QED) is 0.254. The number of benzene rings is 1. The Kier molecular flexibility index (Phi) is 7.60. The molecule has 4 aliphatic rings. The van der Waals surface area contributed by atoms with E-state index in [0.717, 1.165) is 17.5 Å². The number of hydrogen-bond donors (Lipinski definition) is 3. The molecule has 3 aliphatic carbocycles. The number of carbonyl (C=O) groups excluding carboxylic acids is 2. The number of aliphatic hydroxyl groups is 2. The fourth-order valence-electron chi connectivity index (χ4n) is 7.73. The van der Waals surface area contributed by atoms with Gasteiger partial charge in [-0.3, -0.25) is 24.5 Å². The molecule has 7 rings (SSSR count). The topological polar surface area (TPSA) is 139 Å². The maximum absolute atomic E-state index is 14.7. The predicted molar refractivity (Wildman–Crippen MR) is 163 cm³/mol. The van der Waals surface area contributed by atoms with Crippen LogP contribution in [0.5, 0.6) is 0 Å². The molecule has 4 atom stereocenters.